The zero-order valence-corrected chi connectivity index (χ0v) is 13.5. The molecule has 2 atom stereocenters. The van der Waals surface area contributed by atoms with Gasteiger partial charge in [0.1, 0.15) is 0 Å². The maximum absolute atomic E-state index is 13.5. The van der Waals surface area contributed by atoms with E-state index in [1.807, 2.05) is 0 Å². The molecule has 1 aliphatic heterocycles. The first-order valence-corrected chi connectivity index (χ1v) is 7.98. The van der Waals surface area contributed by atoms with E-state index in [0.717, 1.165) is 12.1 Å². The number of carbonyl (C=O) groups excluding carboxylic acids is 1. The van der Waals surface area contributed by atoms with Gasteiger partial charge in [-0.1, -0.05) is 6.07 Å². The minimum absolute atomic E-state index is 0.314. The minimum Gasteiger partial charge on any atom is -0.347 e. The lowest BCUT2D eigenvalue weighted by Gasteiger charge is -2.33. The lowest BCUT2D eigenvalue weighted by molar-refractivity contribution is 0.0923. The number of piperidine rings is 1. The lowest BCUT2D eigenvalue weighted by atomic mass is 9.85. The van der Waals surface area contributed by atoms with Gasteiger partial charge in [0.15, 0.2) is 29.1 Å². The van der Waals surface area contributed by atoms with E-state index in [0.29, 0.717) is 37.2 Å². The van der Waals surface area contributed by atoms with E-state index < -0.39 is 41.0 Å². The third kappa shape index (κ3) is 3.70. The van der Waals surface area contributed by atoms with Gasteiger partial charge in [-0.2, -0.15) is 0 Å². The van der Waals surface area contributed by atoms with Gasteiger partial charge in [0.25, 0.3) is 5.91 Å². The van der Waals surface area contributed by atoms with Crippen LogP contribution in [-0.4, -0.2) is 25.0 Å². The largest absolute Gasteiger partial charge is 0.347 e. The van der Waals surface area contributed by atoms with Crippen molar-refractivity contribution < 1.29 is 26.7 Å². The van der Waals surface area contributed by atoms with Crippen LogP contribution in [0.5, 0.6) is 0 Å². The Hall–Kier alpha value is -2.48. The van der Waals surface area contributed by atoms with Crippen molar-refractivity contribution in [1.82, 2.24) is 10.6 Å². The predicted octanol–water partition coefficient (Wildman–Crippen LogP) is 3.26. The summed E-state index contributed by atoms with van der Waals surface area (Å²) in [7, 11) is 0. The summed E-state index contributed by atoms with van der Waals surface area (Å²) in [6, 6.07) is 4.22. The number of hydrogen-bond acceptors (Lipinski definition) is 2. The molecule has 1 heterocycles. The first-order valence-electron chi connectivity index (χ1n) is 7.98. The van der Waals surface area contributed by atoms with E-state index in [2.05, 4.69) is 10.6 Å². The zero-order valence-electron chi connectivity index (χ0n) is 13.5. The second kappa shape index (κ2) is 7.41. The summed E-state index contributed by atoms with van der Waals surface area (Å²) in [6.07, 6.45) is 0.544. The fourth-order valence-electron chi connectivity index (χ4n) is 3.09. The molecule has 0 spiro atoms. The van der Waals surface area contributed by atoms with Gasteiger partial charge in [0.2, 0.25) is 0 Å². The number of rotatable bonds is 3. The average Bonchev–Trinajstić information content (AvgIpc) is 2.62. The minimum atomic E-state index is -1.65. The van der Waals surface area contributed by atoms with Crippen LogP contribution in [0.4, 0.5) is 22.0 Å². The molecule has 0 aromatic heterocycles. The molecule has 3 nitrogen and oxygen atoms in total. The highest BCUT2D eigenvalue weighted by atomic mass is 19.2. The molecule has 1 saturated heterocycles. The molecule has 26 heavy (non-hydrogen) atoms. The Kier molecular flexibility index (Phi) is 5.22. The number of amides is 1. The molecule has 138 valence electrons. The van der Waals surface area contributed by atoms with Crippen molar-refractivity contribution in [3.63, 3.8) is 0 Å². The van der Waals surface area contributed by atoms with Crippen molar-refractivity contribution in [2.45, 2.75) is 18.4 Å². The highest BCUT2D eigenvalue weighted by molar-refractivity contribution is 5.94. The molecule has 0 bridgehead atoms. The predicted molar refractivity (Wildman–Crippen MR) is 84.2 cm³/mol. The van der Waals surface area contributed by atoms with Crippen LogP contribution >= 0.6 is 0 Å². The van der Waals surface area contributed by atoms with Gasteiger partial charge in [0.05, 0.1) is 0 Å². The molecule has 2 aromatic rings. The van der Waals surface area contributed by atoms with Crippen molar-refractivity contribution in [1.29, 1.82) is 0 Å². The number of benzene rings is 2. The summed E-state index contributed by atoms with van der Waals surface area (Å²) in [5.74, 6) is -7.65. The lowest BCUT2D eigenvalue weighted by Crippen LogP contribution is -2.50. The maximum atomic E-state index is 13.5. The third-order valence-corrected chi connectivity index (χ3v) is 4.42. The van der Waals surface area contributed by atoms with E-state index in [1.165, 1.54) is 6.07 Å². The normalized spacial score (nSPS) is 20.0. The molecule has 0 aliphatic carbocycles. The van der Waals surface area contributed by atoms with E-state index in [-0.39, 0.29) is 11.5 Å². The highest BCUT2D eigenvalue weighted by Gasteiger charge is 2.29. The van der Waals surface area contributed by atoms with Gasteiger partial charge in [-0.05, 0) is 42.8 Å². The Morgan fingerprint density at radius 2 is 1.65 bits per heavy atom. The Bertz CT molecular complexity index is 819. The Morgan fingerprint density at radius 3 is 2.31 bits per heavy atom. The maximum Gasteiger partial charge on any atom is 0.251 e. The molecule has 0 radical (unpaired) electrons. The van der Waals surface area contributed by atoms with Crippen molar-refractivity contribution in [2.75, 3.05) is 13.1 Å². The van der Waals surface area contributed by atoms with Gasteiger partial charge < -0.3 is 10.6 Å². The second-order valence-corrected chi connectivity index (χ2v) is 6.11. The Morgan fingerprint density at radius 1 is 0.962 bits per heavy atom. The third-order valence-electron chi connectivity index (χ3n) is 4.42. The van der Waals surface area contributed by atoms with Crippen LogP contribution in [0.3, 0.4) is 0 Å². The van der Waals surface area contributed by atoms with Crippen molar-refractivity contribution >= 4 is 5.91 Å². The van der Waals surface area contributed by atoms with Gasteiger partial charge in [-0.15, -0.1) is 0 Å². The Balaban J connectivity index is 1.82. The second-order valence-electron chi connectivity index (χ2n) is 6.11. The molecule has 1 amide bonds. The van der Waals surface area contributed by atoms with Crippen molar-refractivity contribution in [3.05, 3.63) is 70.5 Å². The van der Waals surface area contributed by atoms with E-state index in [1.54, 1.807) is 0 Å². The molecule has 2 N–H and O–H groups in total. The van der Waals surface area contributed by atoms with Crippen molar-refractivity contribution in [2.24, 2.45) is 0 Å². The molecular formula is C18H15F5N2O. The molecule has 8 heteroatoms. The van der Waals surface area contributed by atoms with Gasteiger partial charge in [-0.25, -0.2) is 22.0 Å². The highest BCUT2D eigenvalue weighted by Crippen LogP contribution is 2.27. The number of nitrogens with one attached hydrogen (secondary N) is 2. The smallest absolute Gasteiger partial charge is 0.251 e. The van der Waals surface area contributed by atoms with Gasteiger partial charge in [0, 0.05) is 24.1 Å². The number of halogens is 5. The molecular weight excluding hydrogens is 355 g/mol. The molecule has 2 aromatic carbocycles. The van der Waals surface area contributed by atoms with Crippen LogP contribution in [0.25, 0.3) is 0 Å². The average molecular weight is 370 g/mol. The first kappa shape index (κ1) is 18.3. The number of carbonyl (C=O) groups is 1. The monoisotopic (exact) mass is 370 g/mol. The van der Waals surface area contributed by atoms with E-state index >= 15 is 0 Å². The van der Waals surface area contributed by atoms with E-state index in [4.69, 9.17) is 0 Å². The molecule has 3 rings (SSSR count). The van der Waals surface area contributed by atoms with E-state index in [9.17, 15) is 26.7 Å². The number of hydrogen-bond donors (Lipinski definition) is 2. The van der Waals surface area contributed by atoms with Crippen LogP contribution < -0.4 is 10.6 Å². The molecule has 0 saturated carbocycles. The molecule has 1 aliphatic rings. The summed E-state index contributed by atoms with van der Waals surface area (Å²) in [4.78, 5) is 12.3. The van der Waals surface area contributed by atoms with Crippen molar-refractivity contribution in [3.8, 4) is 0 Å². The zero-order chi connectivity index (χ0) is 18.8. The van der Waals surface area contributed by atoms with Gasteiger partial charge >= 0.3 is 0 Å². The fraction of sp³-hybridized carbons (Fsp3) is 0.278. The topological polar surface area (TPSA) is 41.1 Å². The van der Waals surface area contributed by atoms with Crippen LogP contribution in [0.2, 0.25) is 0 Å². The summed E-state index contributed by atoms with van der Waals surface area (Å²) < 4.78 is 66.3. The first-order chi connectivity index (χ1) is 12.4. The molecule has 1 fully saturated rings. The summed E-state index contributed by atoms with van der Waals surface area (Å²) in [5, 5.41) is 5.68. The standard InChI is InChI=1S/C18H15F5N2O/c19-12-2-1-9(5-13(12)20)11-3-4-24-8-16(11)25-18(26)10-6-14(21)17(23)15(22)7-10/h1-2,5-7,11,16,24H,3-4,8H2,(H,25,26). The van der Waals surface area contributed by atoms with Gasteiger partial charge in [-0.3, -0.25) is 4.79 Å². The summed E-state index contributed by atoms with van der Waals surface area (Å²) in [6.45, 7) is 0.942. The quantitative estimate of drug-likeness (QED) is 0.643. The SMILES string of the molecule is O=C(NC1CNCCC1c1ccc(F)c(F)c1)c1cc(F)c(F)c(F)c1. The fourth-order valence-corrected chi connectivity index (χ4v) is 3.09. The Labute approximate surface area is 146 Å². The van der Waals surface area contributed by atoms with Crippen LogP contribution in [0.15, 0.2) is 30.3 Å². The van der Waals surface area contributed by atoms with Crippen LogP contribution in [-0.2, 0) is 0 Å². The van der Waals surface area contributed by atoms with Crippen LogP contribution in [0, 0.1) is 29.1 Å². The molecule has 2 unspecified atom stereocenters. The van der Waals surface area contributed by atoms with Crippen LogP contribution in [0.1, 0.15) is 28.3 Å². The summed E-state index contributed by atoms with van der Waals surface area (Å²) in [5.41, 5.74) is 0.142. The summed E-state index contributed by atoms with van der Waals surface area (Å²) >= 11 is 0.